The molecular formula is C20H27N3O2. The summed E-state index contributed by atoms with van der Waals surface area (Å²) in [5.41, 5.74) is 2.36. The van der Waals surface area contributed by atoms with Crippen LogP contribution < -0.4 is 10.6 Å². The molecule has 5 nitrogen and oxygen atoms in total. The first-order valence-electron chi connectivity index (χ1n) is 8.96. The van der Waals surface area contributed by atoms with E-state index < -0.39 is 0 Å². The summed E-state index contributed by atoms with van der Waals surface area (Å²) in [6.07, 6.45) is 2.12. The number of aryl methyl sites for hydroxylation is 1. The molecule has 1 aliphatic rings. The Morgan fingerprint density at radius 1 is 1.16 bits per heavy atom. The third kappa shape index (κ3) is 4.94. The molecule has 0 unspecified atom stereocenters. The van der Waals surface area contributed by atoms with Crippen molar-refractivity contribution in [3.63, 3.8) is 0 Å². The number of amides is 1. The molecule has 2 heterocycles. The molecule has 1 saturated heterocycles. The summed E-state index contributed by atoms with van der Waals surface area (Å²) in [6.45, 7) is 5.24. The zero-order chi connectivity index (χ0) is 17.6. The van der Waals surface area contributed by atoms with E-state index >= 15 is 0 Å². The maximum absolute atomic E-state index is 11.4. The van der Waals surface area contributed by atoms with Gasteiger partial charge in [-0.2, -0.15) is 0 Å². The van der Waals surface area contributed by atoms with Crippen molar-refractivity contribution in [1.29, 1.82) is 0 Å². The molecule has 1 aromatic carbocycles. The van der Waals surface area contributed by atoms with E-state index in [-0.39, 0.29) is 5.91 Å². The molecule has 0 spiro atoms. The quantitative estimate of drug-likeness (QED) is 0.848. The highest BCUT2D eigenvalue weighted by atomic mass is 16.3. The van der Waals surface area contributed by atoms with Crippen molar-refractivity contribution in [2.24, 2.45) is 0 Å². The third-order valence-corrected chi connectivity index (χ3v) is 4.80. The summed E-state index contributed by atoms with van der Waals surface area (Å²) in [5, 5.41) is 6.26. The molecule has 0 bridgehead atoms. The standard InChI is InChI=1S/C20H27N3O2/c1-15-3-5-16(6-4-15)19-8-7-18(25-19)13-22-17-9-11-23(12-10-17)14-20(24)21-2/h3-8,17,22H,9-14H2,1-2H3,(H,21,24). The predicted molar refractivity (Wildman–Crippen MR) is 99.2 cm³/mol. The number of carbonyl (C=O) groups excluding carboxylic acids is 1. The van der Waals surface area contributed by atoms with Gasteiger partial charge in [0.2, 0.25) is 5.91 Å². The van der Waals surface area contributed by atoms with Gasteiger partial charge in [-0.3, -0.25) is 9.69 Å². The van der Waals surface area contributed by atoms with Crippen LogP contribution in [0.1, 0.15) is 24.2 Å². The molecular weight excluding hydrogens is 314 g/mol. The van der Waals surface area contributed by atoms with Gasteiger partial charge in [0.1, 0.15) is 11.5 Å². The summed E-state index contributed by atoms with van der Waals surface area (Å²) in [7, 11) is 1.69. The van der Waals surface area contributed by atoms with Gasteiger partial charge in [-0.25, -0.2) is 0 Å². The molecule has 0 radical (unpaired) electrons. The van der Waals surface area contributed by atoms with Gasteiger partial charge in [0.25, 0.3) is 0 Å². The van der Waals surface area contributed by atoms with E-state index in [2.05, 4.69) is 46.7 Å². The number of nitrogens with zero attached hydrogens (tertiary/aromatic N) is 1. The van der Waals surface area contributed by atoms with Crippen LogP contribution >= 0.6 is 0 Å². The Morgan fingerprint density at radius 2 is 1.88 bits per heavy atom. The Balaban J connectivity index is 1.45. The van der Waals surface area contributed by atoms with Gasteiger partial charge in [0, 0.05) is 31.7 Å². The highest BCUT2D eigenvalue weighted by molar-refractivity contribution is 5.77. The minimum absolute atomic E-state index is 0.0885. The van der Waals surface area contributed by atoms with E-state index in [1.807, 2.05) is 12.1 Å². The first-order chi connectivity index (χ1) is 12.1. The summed E-state index contributed by atoms with van der Waals surface area (Å²) < 4.78 is 5.96. The van der Waals surface area contributed by atoms with E-state index in [1.165, 1.54) is 5.56 Å². The number of benzene rings is 1. The topological polar surface area (TPSA) is 57.5 Å². The van der Waals surface area contributed by atoms with Crippen molar-refractivity contribution in [3.8, 4) is 11.3 Å². The smallest absolute Gasteiger partial charge is 0.233 e. The summed E-state index contributed by atoms with van der Waals surface area (Å²) in [4.78, 5) is 13.6. The van der Waals surface area contributed by atoms with Crippen LogP contribution in [0.4, 0.5) is 0 Å². The van der Waals surface area contributed by atoms with Crippen molar-refractivity contribution in [3.05, 3.63) is 47.7 Å². The number of nitrogens with one attached hydrogen (secondary N) is 2. The average Bonchev–Trinajstić information content (AvgIpc) is 3.10. The predicted octanol–water partition coefficient (Wildman–Crippen LogP) is 2.56. The lowest BCUT2D eigenvalue weighted by molar-refractivity contribution is -0.122. The fourth-order valence-electron chi connectivity index (χ4n) is 3.17. The molecule has 1 fully saturated rings. The minimum Gasteiger partial charge on any atom is -0.460 e. The molecule has 0 aliphatic carbocycles. The number of likely N-dealkylation sites (tertiary alicyclic amines) is 1. The van der Waals surface area contributed by atoms with E-state index in [0.717, 1.165) is 49.6 Å². The monoisotopic (exact) mass is 341 g/mol. The van der Waals surface area contributed by atoms with Crippen LogP contribution in [0.2, 0.25) is 0 Å². The lowest BCUT2D eigenvalue weighted by Gasteiger charge is -2.31. The number of piperidine rings is 1. The number of likely N-dealkylation sites (N-methyl/N-ethyl adjacent to an activating group) is 1. The lowest BCUT2D eigenvalue weighted by atomic mass is 10.1. The Bertz CT molecular complexity index is 685. The largest absolute Gasteiger partial charge is 0.460 e. The molecule has 1 aromatic heterocycles. The zero-order valence-corrected chi connectivity index (χ0v) is 15.0. The van der Waals surface area contributed by atoms with Crippen LogP contribution in [0.3, 0.4) is 0 Å². The van der Waals surface area contributed by atoms with Gasteiger partial charge in [-0.1, -0.05) is 29.8 Å². The van der Waals surface area contributed by atoms with Crippen LogP contribution in [-0.2, 0) is 11.3 Å². The van der Waals surface area contributed by atoms with Gasteiger partial charge >= 0.3 is 0 Å². The highest BCUT2D eigenvalue weighted by Gasteiger charge is 2.20. The fraction of sp³-hybridized carbons (Fsp3) is 0.450. The maximum atomic E-state index is 11.4. The zero-order valence-electron chi connectivity index (χ0n) is 15.0. The normalized spacial score (nSPS) is 16.1. The van der Waals surface area contributed by atoms with Gasteiger partial charge in [0.15, 0.2) is 0 Å². The van der Waals surface area contributed by atoms with Crippen LogP contribution in [0.15, 0.2) is 40.8 Å². The molecule has 2 N–H and O–H groups in total. The second-order valence-electron chi connectivity index (χ2n) is 6.74. The van der Waals surface area contributed by atoms with E-state index in [0.29, 0.717) is 12.6 Å². The van der Waals surface area contributed by atoms with Crippen LogP contribution in [-0.4, -0.2) is 43.5 Å². The van der Waals surface area contributed by atoms with E-state index in [4.69, 9.17) is 4.42 Å². The first kappa shape index (κ1) is 17.7. The van der Waals surface area contributed by atoms with E-state index in [1.54, 1.807) is 7.05 Å². The second kappa shape index (κ2) is 8.32. The summed E-state index contributed by atoms with van der Waals surface area (Å²) >= 11 is 0. The molecule has 1 amide bonds. The Hall–Kier alpha value is -2.11. The van der Waals surface area contributed by atoms with Crippen LogP contribution in [0.5, 0.6) is 0 Å². The molecule has 0 saturated carbocycles. The fourth-order valence-corrected chi connectivity index (χ4v) is 3.17. The van der Waals surface area contributed by atoms with Crippen molar-refractivity contribution in [2.45, 2.75) is 32.4 Å². The van der Waals surface area contributed by atoms with Crippen molar-refractivity contribution in [1.82, 2.24) is 15.5 Å². The molecule has 2 aromatic rings. The molecule has 0 atom stereocenters. The van der Waals surface area contributed by atoms with Crippen LogP contribution in [0, 0.1) is 6.92 Å². The third-order valence-electron chi connectivity index (χ3n) is 4.80. The lowest BCUT2D eigenvalue weighted by Crippen LogP contribution is -2.45. The number of hydrogen-bond acceptors (Lipinski definition) is 4. The van der Waals surface area contributed by atoms with Gasteiger partial charge in [-0.15, -0.1) is 0 Å². The Labute approximate surface area is 149 Å². The van der Waals surface area contributed by atoms with Crippen molar-refractivity contribution in [2.75, 3.05) is 26.7 Å². The van der Waals surface area contributed by atoms with E-state index in [9.17, 15) is 4.79 Å². The Morgan fingerprint density at radius 3 is 2.56 bits per heavy atom. The number of carbonyl (C=O) groups is 1. The van der Waals surface area contributed by atoms with Crippen molar-refractivity contribution < 1.29 is 9.21 Å². The Kier molecular flexibility index (Phi) is 5.89. The van der Waals surface area contributed by atoms with Gasteiger partial charge in [-0.05, 0) is 31.9 Å². The van der Waals surface area contributed by atoms with Gasteiger partial charge < -0.3 is 15.1 Å². The molecule has 134 valence electrons. The molecule has 1 aliphatic heterocycles. The number of furan rings is 1. The summed E-state index contributed by atoms with van der Waals surface area (Å²) in [6, 6.07) is 12.9. The maximum Gasteiger partial charge on any atom is 0.233 e. The van der Waals surface area contributed by atoms with Gasteiger partial charge in [0.05, 0.1) is 13.1 Å². The average molecular weight is 341 g/mol. The highest BCUT2D eigenvalue weighted by Crippen LogP contribution is 2.22. The minimum atomic E-state index is 0.0885. The van der Waals surface area contributed by atoms with Crippen LogP contribution in [0.25, 0.3) is 11.3 Å². The SMILES string of the molecule is CNC(=O)CN1CCC(NCc2ccc(-c3ccc(C)cc3)o2)CC1. The number of hydrogen-bond donors (Lipinski definition) is 2. The van der Waals surface area contributed by atoms with Crippen molar-refractivity contribution >= 4 is 5.91 Å². The first-order valence-corrected chi connectivity index (χ1v) is 8.96. The number of rotatable bonds is 6. The molecule has 25 heavy (non-hydrogen) atoms. The second-order valence-corrected chi connectivity index (χ2v) is 6.74. The molecule has 5 heteroatoms. The molecule has 3 rings (SSSR count). The summed E-state index contributed by atoms with van der Waals surface area (Å²) in [5.74, 6) is 1.96.